The van der Waals surface area contributed by atoms with Crippen LogP contribution in [0.1, 0.15) is 50.8 Å². The molecule has 2 amide bonds. The molecule has 0 radical (unpaired) electrons. The number of nitrogens with one attached hydrogen (secondary N) is 1. The Morgan fingerprint density at radius 3 is 2.12 bits per heavy atom. The molecule has 0 heterocycles. The maximum atomic E-state index is 14.1. The molecule has 0 aliphatic heterocycles. The van der Waals surface area contributed by atoms with Crippen LogP contribution < -0.4 is 9.62 Å². The lowest BCUT2D eigenvalue weighted by Crippen LogP contribution is -2.55. The van der Waals surface area contributed by atoms with Crippen molar-refractivity contribution in [3.8, 4) is 0 Å². The van der Waals surface area contributed by atoms with Gasteiger partial charge in [-0.2, -0.15) is 0 Å². The second-order valence-corrected chi connectivity index (χ2v) is 13.2. The van der Waals surface area contributed by atoms with Gasteiger partial charge in [0.2, 0.25) is 11.8 Å². The van der Waals surface area contributed by atoms with E-state index in [4.69, 9.17) is 11.6 Å². The molecule has 1 atom stereocenters. The van der Waals surface area contributed by atoms with E-state index >= 15 is 0 Å². The summed E-state index contributed by atoms with van der Waals surface area (Å²) >= 11 is 6.18. The molecule has 0 fully saturated rings. The number of carbonyl (C=O) groups is 2. The minimum atomic E-state index is -4.15. The second-order valence-electron chi connectivity index (χ2n) is 10.9. The molecule has 0 aliphatic rings. The van der Waals surface area contributed by atoms with E-state index in [-0.39, 0.29) is 17.3 Å². The second kappa shape index (κ2) is 12.9. The molecule has 0 spiro atoms. The van der Waals surface area contributed by atoms with Crippen LogP contribution in [-0.4, -0.2) is 43.3 Å². The van der Waals surface area contributed by atoms with E-state index < -0.39 is 34.1 Å². The fraction of sp³-hybridized carbons (Fsp3) is 0.355. The van der Waals surface area contributed by atoms with Crippen molar-refractivity contribution in [2.24, 2.45) is 0 Å². The summed E-state index contributed by atoms with van der Waals surface area (Å²) in [5.41, 5.74) is 2.17. The molecule has 40 heavy (non-hydrogen) atoms. The zero-order valence-corrected chi connectivity index (χ0v) is 25.5. The number of hydrogen-bond acceptors (Lipinski definition) is 4. The third kappa shape index (κ3) is 7.86. The molecule has 0 saturated heterocycles. The van der Waals surface area contributed by atoms with Gasteiger partial charge in [-0.1, -0.05) is 66.6 Å². The minimum absolute atomic E-state index is 0.0624. The highest BCUT2D eigenvalue weighted by molar-refractivity contribution is 7.92. The van der Waals surface area contributed by atoms with Crippen molar-refractivity contribution >= 4 is 39.1 Å². The first kappa shape index (κ1) is 31.2. The van der Waals surface area contributed by atoms with Crippen LogP contribution in [0.5, 0.6) is 0 Å². The number of aryl methyl sites for hydroxylation is 2. The topological polar surface area (TPSA) is 86.8 Å². The van der Waals surface area contributed by atoms with E-state index in [1.54, 1.807) is 37.3 Å². The van der Waals surface area contributed by atoms with E-state index in [1.165, 1.54) is 17.0 Å². The van der Waals surface area contributed by atoms with Gasteiger partial charge in [0.05, 0.1) is 10.6 Å². The van der Waals surface area contributed by atoms with Crippen LogP contribution in [0.3, 0.4) is 0 Å². The van der Waals surface area contributed by atoms with Gasteiger partial charge < -0.3 is 10.2 Å². The SMILES string of the molecule is CC[C@@H](C(=O)NC(C)(C)C)N(Cc1ccccc1)C(=O)CN(c1ccc(Cl)cc1C)S(=O)(=O)c1ccc(C)cc1. The smallest absolute Gasteiger partial charge is 0.264 e. The van der Waals surface area contributed by atoms with Gasteiger partial charge in [0, 0.05) is 17.1 Å². The highest BCUT2D eigenvalue weighted by atomic mass is 35.5. The Kier molecular flexibility index (Phi) is 10.0. The summed E-state index contributed by atoms with van der Waals surface area (Å²) < 4.78 is 29.1. The number of amides is 2. The molecule has 3 aromatic carbocycles. The van der Waals surface area contributed by atoms with E-state index in [1.807, 2.05) is 65.0 Å². The van der Waals surface area contributed by atoms with Gasteiger partial charge in [0.25, 0.3) is 10.0 Å². The van der Waals surface area contributed by atoms with Crippen LogP contribution in [0.4, 0.5) is 5.69 Å². The normalized spacial score (nSPS) is 12.5. The summed E-state index contributed by atoms with van der Waals surface area (Å²) in [6, 6.07) is 19.9. The molecule has 214 valence electrons. The zero-order chi connectivity index (χ0) is 29.7. The Bertz CT molecular complexity index is 1440. The van der Waals surface area contributed by atoms with E-state index in [9.17, 15) is 18.0 Å². The maximum absolute atomic E-state index is 14.1. The molecule has 0 aromatic heterocycles. The first-order valence-corrected chi connectivity index (χ1v) is 15.1. The molecule has 0 saturated carbocycles. The van der Waals surface area contributed by atoms with Gasteiger partial charge in [-0.25, -0.2) is 8.42 Å². The average Bonchev–Trinajstić information content (AvgIpc) is 2.87. The largest absolute Gasteiger partial charge is 0.350 e. The Morgan fingerprint density at radius 1 is 0.950 bits per heavy atom. The van der Waals surface area contributed by atoms with Crippen LogP contribution in [-0.2, 0) is 26.2 Å². The summed E-state index contributed by atoms with van der Waals surface area (Å²) in [5, 5.41) is 3.43. The van der Waals surface area contributed by atoms with Crippen molar-refractivity contribution in [2.45, 2.75) is 71.0 Å². The van der Waals surface area contributed by atoms with Gasteiger partial charge in [-0.3, -0.25) is 13.9 Å². The number of benzene rings is 3. The molecule has 0 unspecified atom stereocenters. The first-order chi connectivity index (χ1) is 18.7. The van der Waals surface area contributed by atoms with Gasteiger partial charge in [-0.15, -0.1) is 0 Å². The molecule has 0 aliphatic carbocycles. The van der Waals surface area contributed by atoms with Gasteiger partial charge in [0.1, 0.15) is 12.6 Å². The van der Waals surface area contributed by atoms with Crippen molar-refractivity contribution < 1.29 is 18.0 Å². The number of sulfonamides is 1. The lowest BCUT2D eigenvalue weighted by Gasteiger charge is -2.35. The summed E-state index contributed by atoms with van der Waals surface area (Å²) in [4.78, 5) is 29.0. The standard InChI is InChI=1S/C31H38ClN3O4S/c1-7-27(30(37)33-31(4,5)6)34(20-24-11-9-8-10-12-24)29(36)21-35(28-18-15-25(32)19-23(28)3)40(38,39)26-16-13-22(2)14-17-26/h8-19,27H,7,20-21H2,1-6H3,(H,33,37)/t27-/m0/s1. The highest BCUT2D eigenvalue weighted by Crippen LogP contribution is 2.29. The van der Waals surface area contributed by atoms with Crippen molar-refractivity contribution in [1.29, 1.82) is 0 Å². The third-order valence-corrected chi connectivity index (χ3v) is 8.40. The third-order valence-electron chi connectivity index (χ3n) is 6.40. The molecule has 0 bridgehead atoms. The number of halogens is 1. The van der Waals surface area contributed by atoms with Crippen molar-refractivity contribution in [2.75, 3.05) is 10.8 Å². The summed E-state index contributed by atoms with van der Waals surface area (Å²) in [6.07, 6.45) is 0.352. The van der Waals surface area contributed by atoms with Crippen LogP contribution in [0.15, 0.2) is 77.7 Å². The number of hydrogen-bond donors (Lipinski definition) is 1. The highest BCUT2D eigenvalue weighted by Gasteiger charge is 2.35. The Hall–Kier alpha value is -3.36. The monoisotopic (exact) mass is 583 g/mol. The molecule has 7 nitrogen and oxygen atoms in total. The zero-order valence-electron chi connectivity index (χ0n) is 23.9. The van der Waals surface area contributed by atoms with Crippen molar-refractivity contribution in [3.05, 3.63) is 94.5 Å². The average molecular weight is 584 g/mol. The fourth-order valence-corrected chi connectivity index (χ4v) is 6.11. The van der Waals surface area contributed by atoms with Crippen LogP contribution in [0, 0.1) is 13.8 Å². The molecular formula is C31H38ClN3O4S. The van der Waals surface area contributed by atoms with E-state index in [0.717, 1.165) is 15.4 Å². The molecule has 9 heteroatoms. The fourth-order valence-electron chi connectivity index (χ4n) is 4.40. The van der Waals surface area contributed by atoms with Crippen molar-refractivity contribution in [3.63, 3.8) is 0 Å². The Balaban J connectivity index is 2.09. The summed E-state index contributed by atoms with van der Waals surface area (Å²) in [6.45, 7) is 10.7. The number of rotatable bonds is 10. The number of anilines is 1. The predicted molar refractivity (Wildman–Crippen MR) is 161 cm³/mol. The Morgan fingerprint density at radius 2 is 1.57 bits per heavy atom. The predicted octanol–water partition coefficient (Wildman–Crippen LogP) is 5.87. The quantitative estimate of drug-likeness (QED) is 0.323. The lowest BCUT2D eigenvalue weighted by atomic mass is 10.1. The molecule has 1 N–H and O–H groups in total. The molecule has 3 aromatic rings. The van der Waals surface area contributed by atoms with E-state index in [2.05, 4.69) is 5.32 Å². The minimum Gasteiger partial charge on any atom is -0.350 e. The van der Waals surface area contributed by atoms with E-state index in [0.29, 0.717) is 22.7 Å². The van der Waals surface area contributed by atoms with Gasteiger partial charge in [0.15, 0.2) is 0 Å². The lowest BCUT2D eigenvalue weighted by molar-refractivity contribution is -0.141. The molecule has 3 rings (SSSR count). The maximum Gasteiger partial charge on any atom is 0.264 e. The first-order valence-electron chi connectivity index (χ1n) is 13.2. The van der Waals surface area contributed by atoms with Gasteiger partial charge in [-0.05, 0) is 82.5 Å². The van der Waals surface area contributed by atoms with Crippen LogP contribution >= 0.6 is 11.6 Å². The van der Waals surface area contributed by atoms with Crippen LogP contribution in [0.2, 0.25) is 5.02 Å². The Labute approximate surface area is 243 Å². The van der Waals surface area contributed by atoms with Crippen LogP contribution in [0.25, 0.3) is 0 Å². The van der Waals surface area contributed by atoms with Crippen molar-refractivity contribution in [1.82, 2.24) is 10.2 Å². The number of nitrogens with zero attached hydrogens (tertiary/aromatic N) is 2. The summed E-state index contributed by atoms with van der Waals surface area (Å²) in [7, 11) is -4.15. The number of carbonyl (C=O) groups excluding carboxylic acids is 2. The van der Waals surface area contributed by atoms with Gasteiger partial charge >= 0.3 is 0 Å². The molecular weight excluding hydrogens is 546 g/mol. The summed E-state index contributed by atoms with van der Waals surface area (Å²) in [5.74, 6) is -0.792.